The molecule has 0 radical (unpaired) electrons. The van der Waals surface area contributed by atoms with Gasteiger partial charge in [-0.2, -0.15) is 4.31 Å². The maximum Gasteiger partial charge on any atom is 0.217 e. The quantitative estimate of drug-likeness (QED) is 0.766. The van der Waals surface area contributed by atoms with Gasteiger partial charge in [0.25, 0.3) is 0 Å². The predicted octanol–water partition coefficient (Wildman–Crippen LogP) is 2.47. The number of nitrogens with zero attached hydrogens (tertiary/aromatic N) is 2. The van der Waals surface area contributed by atoms with E-state index in [0.717, 1.165) is 15.6 Å². The lowest BCUT2D eigenvalue weighted by atomic mass is 10.2. The fourth-order valence-corrected chi connectivity index (χ4v) is 7.72. The Bertz CT molecular complexity index is 783. The van der Waals surface area contributed by atoms with Crippen LogP contribution in [0.5, 0.6) is 0 Å². The summed E-state index contributed by atoms with van der Waals surface area (Å²) in [7, 11) is -5.04. The van der Waals surface area contributed by atoms with Crippen LogP contribution in [0.2, 0.25) is 0 Å². The summed E-state index contributed by atoms with van der Waals surface area (Å²) in [6.07, 6.45) is 0.362. The number of hydrogen-bond donors (Lipinski definition) is 0. The summed E-state index contributed by atoms with van der Waals surface area (Å²) in [5.74, 6) is 0.215. The Morgan fingerprint density at radius 2 is 1.75 bits per heavy atom. The Kier molecular flexibility index (Phi) is 5.79. The molecule has 2 rings (SSSR count). The molecule has 24 heavy (non-hydrogen) atoms. The lowest BCUT2D eigenvalue weighted by Crippen LogP contribution is -2.41. The van der Waals surface area contributed by atoms with Gasteiger partial charge in [0.2, 0.25) is 10.0 Å². The molecule has 0 aliphatic carbocycles. The van der Waals surface area contributed by atoms with Gasteiger partial charge in [0.15, 0.2) is 0 Å². The fraction of sp³-hybridized carbons (Fsp3) is 0.800. The van der Waals surface area contributed by atoms with E-state index >= 15 is 0 Å². The van der Waals surface area contributed by atoms with Crippen molar-refractivity contribution < 1.29 is 16.8 Å². The van der Waals surface area contributed by atoms with Crippen LogP contribution < -0.4 is 0 Å². The summed E-state index contributed by atoms with van der Waals surface area (Å²) >= 11 is 1.55. The molecule has 1 aromatic rings. The van der Waals surface area contributed by atoms with Gasteiger partial charge in [-0.05, 0) is 26.7 Å². The van der Waals surface area contributed by atoms with Crippen LogP contribution in [0.4, 0.5) is 0 Å². The van der Waals surface area contributed by atoms with Gasteiger partial charge in [-0.3, -0.25) is 0 Å². The number of rotatable bonds is 5. The molecule has 1 fully saturated rings. The second kappa shape index (κ2) is 7.01. The number of aromatic nitrogens is 1. The zero-order valence-corrected chi connectivity index (χ0v) is 17.3. The molecule has 0 spiro atoms. The first kappa shape index (κ1) is 19.8. The van der Waals surface area contributed by atoms with Crippen molar-refractivity contribution in [1.82, 2.24) is 9.29 Å². The highest BCUT2D eigenvalue weighted by atomic mass is 32.2. The maximum absolute atomic E-state index is 12.9. The fourth-order valence-electron chi connectivity index (χ4n) is 2.85. The Hall–Kier alpha value is -0.510. The summed E-state index contributed by atoms with van der Waals surface area (Å²) in [6.45, 7) is 7.90. The number of aryl methyl sites for hydroxylation is 1. The molecule has 6 nitrogen and oxygen atoms in total. The van der Waals surface area contributed by atoms with E-state index in [1.165, 1.54) is 4.31 Å². The van der Waals surface area contributed by atoms with Gasteiger partial charge in [0, 0.05) is 17.8 Å². The minimum absolute atomic E-state index is 0.0454. The summed E-state index contributed by atoms with van der Waals surface area (Å²) in [5, 5.41) is 0.384. The van der Waals surface area contributed by atoms with Crippen molar-refractivity contribution in [2.24, 2.45) is 0 Å². The van der Waals surface area contributed by atoms with Crippen molar-refractivity contribution in [2.75, 3.05) is 18.6 Å². The van der Waals surface area contributed by atoms with Crippen molar-refractivity contribution in [3.05, 3.63) is 15.6 Å². The van der Waals surface area contributed by atoms with Crippen LogP contribution in [-0.2, 0) is 19.9 Å². The van der Waals surface area contributed by atoms with Crippen molar-refractivity contribution in [3.8, 4) is 0 Å². The summed E-state index contributed by atoms with van der Waals surface area (Å²) in [4.78, 5) is 5.50. The van der Waals surface area contributed by atoms with E-state index in [9.17, 15) is 16.8 Å². The van der Waals surface area contributed by atoms with E-state index in [4.69, 9.17) is 0 Å². The van der Waals surface area contributed by atoms with Gasteiger partial charge in [-0.1, -0.05) is 13.8 Å². The molecule has 0 amide bonds. The first-order chi connectivity index (χ1) is 11.0. The van der Waals surface area contributed by atoms with E-state index in [1.54, 1.807) is 18.4 Å². The van der Waals surface area contributed by atoms with Gasteiger partial charge in [0.05, 0.1) is 33.5 Å². The summed E-state index contributed by atoms with van der Waals surface area (Å²) in [6, 6.07) is -0.307. The smallest absolute Gasteiger partial charge is 0.217 e. The molecule has 0 saturated carbocycles. The van der Waals surface area contributed by atoms with Crippen molar-refractivity contribution in [2.45, 2.75) is 57.7 Å². The highest BCUT2D eigenvalue weighted by Crippen LogP contribution is 2.34. The minimum Gasteiger partial charge on any atom is -0.246 e. The Labute approximate surface area is 149 Å². The van der Waals surface area contributed by atoms with Gasteiger partial charge in [-0.25, -0.2) is 21.8 Å². The molecule has 1 aliphatic rings. The summed E-state index contributed by atoms with van der Waals surface area (Å²) in [5.41, 5.74) is 0.865. The van der Waals surface area contributed by atoms with Crippen LogP contribution in [0.15, 0.2) is 0 Å². The highest BCUT2D eigenvalue weighted by Gasteiger charge is 2.37. The monoisotopic (exact) mass is 394 g/mol. The van der Waals surface area contributed by atoms with Gasteiger partial charge in [-0.15, -0.1) is 11.3 Å². The van der Waals surface area contributed by atoms with Crippen LogP contribution in [-0.4, -0.2) is 49.9 Å². The lowest BCUT2D eigenvalue weighted by Gasteiger charge is -2.30. The highest BCUT2D eigenvalue weighted by molar-refractivity contribution is 7.92. The third-order valence-corrected chi connectivity index (χ3v) is 10.4. The molecule has 0 unspecified atom stereocenters. The average molecular weight is 395 g/mol. The average Bonchev–Trinajstić information content (AvgIpc) is 2.87. The topological polar surface area (TPSA) is 84.4 Å². The third kappa shape index (κ3) is 4.00. The normalized spacial score (nSPS) is 20.6. The molecule has 0 aromatic carbocycles. The molecule has 1 aromatic heterocycles. The van der Waals surface area contributed by atoms with Crippen molar-refractivity contribution in [3.63, 3.8) is 0 Å². The van der Waals surface area contributed by atoms with Crippen molar-refractivity contribution >= 4 is 31.2 Å². The second-order valence-corrected chi connectivity index (χ2v) is 12.4. The van der Waals surface area contributed by atoms with E-state index in [2.05, 4.69) is 18.8 Å². The van der Waals surface area contributed by atoms with Crippen LogP contribution in [0, 0.1) is 6.92 Å². The Morgan fingerprint density at radius 3 is 2.21 bits per heavy atom. The van der Waals surface area contributed by atoms with Gasteiger partial charge < -0.3 is 0 Å². The largest absolute Gasteiger partial charge is 0.246 e. The molecule has 1 aliphatic heterocycles. The molecule has 1 atom stereocenters. The molecule has 1 saturated heterocycles. The first-order valence-electron chi connectivity index (χ1n) is 8.10. The molecule has 9 heteroatoms. The zero-order chi connectivity index (χ0) is 18.3. The maximum atomic E-state index is 12.9. The van der Waals surface area contributed by atoms with Crippen LogP contribution in [0.1, 0.15) is 61.2 Å². The van der Waals surface area contributed by atoms with E-state index in [0.29, 0.717) is 5.92 Å². The number of sulfonamides is 1. The van der Waals surface area contributed by atoms with E-state index in [-0.39, 0.29) is 30.4 Å². The van der Waals surface area contributed by atoms with Crippen molar-refractivity contribution in [1.29, 1.82) is 0 Å². The number of thiazole rings is 1. The summed E-state index contributed by atoms with van der Waals surface area (Å²) < 4.78 is 50.2. The van der Waals surface area contributed by atoms with Gasteiger partial charge in [0.1, 0.15) is 9.84 Å². The van der Waals surface area contributed by atoms with E-state index < -0.39 is 25.1 Å². The Balaban J connectivity index is 2.22. The van der Waals surface area contributed by atoms with Gasteiger partial charge >= 0.3 is 0 Å². The van der Waals surface area contributed by atoms with Crippen LogP contribution in [0.3, 0.4) is 0 Å². The first-order valence-corrected chi connectivity index (χ1v) is 12.2. The zero-order valence-electron chi connectivity index (χ0n) is 14.8. The molecule has 0 N–H and O–H groups in total. The second-order valence-electron chi connectivity index (χ2n) is 6.74. The number of hydrogen-bond acceptors (Lipinski definition) is 6. The number of sulfone groups is 1. The minimum atomic E-state index is -3.54. The molecule has 0 bridgehead atoms. The SMILES string of the molecule is Cc1nc(C(C)C)sc1[C@H](C)N(C)S(=O)(=O)C1CCS(=O)(=O)CC1. The lowest BCUT2D eigenvalue weighted by molar-refractivity contribution is 0.391. The standard InChI is InChI=1S/C15H26N2O4S3/c1-10(2)15-16-11(3)14(22-15)12(4)17(5)24(20,21)13-6-8-23(18,19)9-7-13/h10,12-13H,6-9H2,1-5H3/t12-/m0/s1. The van der Waals surface area contributed by atoms with Crippen LogP contribution >= 0.6 is 11.3 Å². The molecule has 2 heterocycles. The Morgan fingerprint density at radius 1 is 1.21 bits per heavy atom. The predicted molar refractivity (Wildman–Crippen MR) is 97.7 cm³/mol. The molecular formula is C15H26N2O4S3. The van der Waals surface area contributed by atoms with Crippen LogP contribution in [0.25, 0.3) is 0 Å². The van der Waals surface area contributed by atoms with E-state index in [1.807, 2.05) is 13.8 Å². The molecule has 138 valence electrons. The molecular weight excluding hydrogens is 368 g/mol. The third-order valence-electron chi connectivity index (χ3n) is 4.59.